The third kappa shape index (κ3) is 4.66. The van der Waals surface area contributed by atoms with Crippen LogP contribution in [0.1, 0.15) is 0 Å². The highest BCUT2D eigenvalue weighted by Crippen LogP contribution is 2.43. The van der Waals surface area contributed by atoms with Crippen LogP contribution < -0.4 is 0 Å². The summed E-state index contributed by atoms with van der Waals surface area (Å²) in [5, 5.41) is 10.5. The first-order valence-corrected chi connectivity index (χ1v) is 17.7. The molecule has 49 heavy (non-hydrogen) atoms. The Balaban J connectivity index is 1.06. The molecule has 0 saturated heterocycles. The van der Waals surface area contributed by atoms with Gasteiger partial charge in [0.1, 0.15) is 0 Å². The van der Waals surface area contributed by atoms with Crippen molar-refractivity contribution in [3.05, 3.63) is 182 Å². The Kier molecular flexibility index (Phi) is 6.47. The molecule has 10 rings (SSSR count). The largest absolute Gasteiger partial charge is 0.135 e. The lowest BCUT2D eigenvalue weighted by molar-refractivity contribution is 1.58. The molecule has 0 aliphatic heterocycles. The van der Waals surface area contributed by atoms with Crippen LogP contribution in [0.3, 0.4) is 0 Å². The molecule has 1 heteroatoms. The van der Waals surface area contributed by atoms with Crippen molar-refractivity contribution in [2.75, 3.05) is 0 Å². The van der Waals surface area contributed by atoms with Gasteiger partial charge in [-0.1, -0.05) is 158 Å². The molecule has 0 N–H and O–H groups in total. The number of benzene rings is 9. The minimum atomic E-state index is 1.23. The van der Waals surface area contributed by atoms with E-state index in [4.69, 9.17) is 0 Å². The second kappa shape index (κ2) is 11.3. The third-order valence-electron chi connectivity index (χ3n) is 10.1. The van der Waals surface area contributed by atoms with Gasteiger partial charge in [-0.2, -0.15) is 0 Å². The summed E-state index contributed by atoms with van der Waals surface area (Å²) in [7, 11) is 0. The van der Waals surface area contributed by atoms with Gasteiger partial charge in [0.25, 0.3) is 0 Å². The van der Waals surface area contributed by atoms with Crippen molar-refractivity contribution < 1.29 is 0 Å². The molecule has 0 amide bonds. The predicted octanol–water partition coefficient (Wildman–Crippen LogP) is 14.2. The van der Waals surface area contributed by atoms with Crippen LogP contribution in [0.15, 0.2) is 182 Å². The Morgan fingerprint density at radius 3 is 1.41 bits per heavy atom. The number of thiophene rings is 1. The molecule has 0 aliphatic rings. The quantitative estimate of drug-likeness (QED) is 0.168. The Morgan fingerprint density at radius 2 is 0.694 bits per heavy atom. The van der Waals surface area contributed by atoms with E-state index in [0.717, 1.165) is 0 Å². The van der Waals surface area contributed by atoms with Crippen LogP contribution in [0, 0.1) is 0 Å². The van der Waals surface area contributed by atoms with E-state index in [9.17, 15) is 0 Å². The fourth-order valence-electron chi connectivity index (χ4n) is 7.64. The summed E-state index contributed by atoms with van der Waals surface area (Å²) < 4.78 is 2.66. The molecule has 0 radical (unpaired) electrons. The maximum absolute atomic E-state index is 2.41. The standard InChI is InChI=1S/C48H30S/c1-2-10-31(11-3-1)32-20-22-33(23-21-32)34-12-8-13-35(28-34)36-25-27-47-46(29-36)44-19-9-18-38(48(44)49-47)37-24-26-43-41-16-5-4-14-39(41)40-15-6-7-17-42(40)45(43)30-37/h1-30H. The molecule has 0 fully saturated rings. The van der Waals surface area contributed by atoms with Gasteiger partial charge in [0.05, 0.1) is 0 Å². The molecule has 0 unspecified atom stereocenters. The summed E-state index contributed by atoms with van der Waals surface area (Å²) in [6, 6.07) is 66.8. The van der Waals surface area contributed by atoms with Crippen molar-refractivity contribution in [2.24, 2.45) is 0 Å². The molecule has 0 aliphatic carbocycles. The van der Waals surface area contributed by atoms with Gasteiger partial charge in [-0.3, -0.25) is 0 Å². The van der Waals surface area contributed by atoms with Crippen molar-refractivity contribution in [3.63, 3.8) is 0 Å². The van der Waals surface area contributed by atoms with Crippen LogP contribution in [0.4, 0.5) is 0 Å². The first kappa shape index (κ1) is 28.0. The zero-order valence-electron chi connectivity index (χ0n) is 26.7. The van der Waals surface area contributed by atoms with Crippen molar-refractivity contribution in [1.82, 2.24) is 0 Å². The van der Waals surface area contributed by atoms with Crippen LogP contribution in [0.5, 0.6) is 0 Å². The van der Waals surface area contributed by atoms with Gasteiger partial charge in [-0.05, 0) is 101 Å². The summed E-state index contributed by atoms with van der Waals surface area (Å²) in [5.74, 6) is 0. The Hall–Kier alpha value is -6.02. The van der Waals surface area contributed by atoms with Crippen LogP contribution >= 0.6 is 11.3 Å². The topological polar surface area (TPSA) is 0 Å². The lowest BCUT2D eigenvalue weighted by Gasteiger charge is -2.12. The predicted molar refractivity (Wildman–Crippen MR) is 214 cm³/mol. The van der Waals surface area contributed by atoms with E-state index in [0.29, 0.717) is 0 Å². The molecule has 1 aromatic heterocycles. The average molecular weight is 639 g/mol. The van der Waals surface area contributed by atoms with Crippen LogP contribution in [0.2, 0.25) is 0 Å². The molecule has 0 spiro atoms. The van der Waals surface area contributed by atoms with Gasteiger partial charge in [0.2, 0.25) is 0 Å². The van der Waals surface area contributed by atoms with Gasteiger partial charge in [-0.25, -0.2) is 0 Å². The Labute approximate surface area is 289 Å². The lowest BCUT2D eigenvalue weighted by atomic mass is 9.92. The third-order valence-corrected chi connectivity index (χ3v) is 11.3. The summed E-state index contributed by atoms with van der Waals surface area (Å²) >= 11 is 1.90. The summed E-state index contributed by atoms with van der Waals surface area (Å²) in [6.45, 7) is 0. The molecular weight excluding hydrogens is 609 g/mol. The number of fused-ring (bicyclic) bond motifs is 9. The minimum absolute atomic E-state index is 1.23. The highest BCUT2D eigenvalue weighted by atomic mass is 32.1. The van der Waals surface area contributed by atoms with E-state index in [1.54, 1.807) is 0 Å². The monoisotopic (exact) mass is 638 g/mol. The summed E-state index contributed by atoms with van der Waals surface area (Å²) in [6.07, 6.45) is 0. The maximum atomic E-state index is 2.41. The normalized spacial score (nSPS) is 11.7. The van der Waals surface area contributed by atoms with Crippen molar-refractivity contribution in [1.29, 1.82) is 0 Å². The van der Waals surface area contributed by atoms with Gasteiger partial charge in [0.15, 0.2) is 0 Å². The van der Waals surface area contributed by atoms with E-state index in [1.165, 1.54) is 97.0 Å². The smallest absolute Gasteiger partial charge is 0.0433 e. The van der Waals surface area contributed by atoms with Gasteiger partial charge in [0, 0.05) is 20.2 Å². The van der Waals surface area contributed by atoms with Gasteiger partial charge < -0.3 is 0 Å². The second-order valence-electron chi connectivity index (χ2n) is 12.9. The average Bonchev–Trinajstić information content (AvgIpc) is 3.57. The molecule has 228 valence electrons. The van der Waals surface area contributed by atoms with Gasteiger partial charge >= 0.3 is 0 Å². The highest BCUT2D eigenvalue weighted by Gasteiger charge is 2.14. The van der Waals surface area contributed by atoms with E-state index in [2.05, 4.69) is 182 Å². The molecule has 1 heterocycles. The molecule has 0 atom stereocenters. The molecule has 0 saturated carbocycles. The lowest BCUT2D eigenvalue weighted by Crippen LogP contribution is -1.85. The zero-order valence-corrected chi connectivity index (χ0v) is 27.5. The highest BCUT2D eigenvalue weighted by molar-refractivity contribution is 7.26. The molecular formula is C48H30S. The Morgan fingerprint density at radius 1 is 0.245 bits per heavy atom. The van der Waals surface area contributed by atoms with Crippen LogP contribution in [-0.2, 0) is 0 Å². The Bertz CT molecular complexity index is 2820. The minimum Gasteiger partial charge on any atom is -0.135 e. The fraction of sp³-hybridized carbons (Fsp3) is 0. The number of hydrogen-bond donors (Lipinski definition) is 0. The van der Waals surface area contributed by atoms with Crippen LogP contribution in [-0.4, -0.2) is 0 Å². The number of hydrogen-bond acceptors (Lipinski definition) is 1. The first-order chi connectivity index (χ1) is 24.3. The van der Waals surface area contributed by atoms with Crippen molar-refractivity contribution >= 4 is 63.8 Å². The van der Waals surface area contributed by atoms with Gasteiger partial charge in [-0.15, -0.1) is 11.3 Å². The summed E-state index contributed by atoms with van der Waals surface area (Å²) in [4.78, 5) is 0. The van der Waals surface area contributed by atoms with Crippen molar-refractivity contribution in [2.45, 2.75) is 0 Å². The zero-order chi connectivity index (χ0) is 32.3. The fourth-order valence-corrected chi connectivity index (χ4v) is 8.86. The van der Waals surface area contributed by atoms with Crippen molar-refractivity contribution in [3.8, 4) is 44.5 Å². The molecule has 0 bridgehead atoms. The number of rotatable bonds is 4. The van der Waals surface area contributed by atoms with E-state index in [1.807, 2.05) is 11.3 Å². The van der Waals surface area contributed by atoms with E-state index < -0.39 is 0 Å². The maximum Gasteiger partial charge on any atom is 0.0433 e. The van der Waals surface area contributed by atoms with E-state index in [-0.39, 0.29) is 0 Å². The summed E-state index contributed by atoms with van der Waals surface area (Å²) in [5.41, 5.74) is 9.96. The SMILES string of the molecule is c1ccc(-c2ccc(-c3cccc(-c4ccc5sc6c(-c7ccc8c9ccccc9c9ccccc9c8c7)cccc6c5c4)c3)cc2)cc1. The van der Waals surface area contributed by atoms with Crippen LogP contribution in [0.25, 0.3) is 97.0 Å². The first-order valence-electron chi connectivity index (χ1n) is 16.8. The molecule has 10 aromatic rings. The molecule has 9 aromatic carbocycles. The second-order valence-corrected chi connectivity index (χ2v) is 13.9. The molecule has 0 nitrogen and oxygen atoms in total. The van der Waals surface area contributed by atoms with E-state index >= 15 is 0 Å².